The molecule has 1 N–H and O–H groups in total. The van der Waals surface area contributed by atoms with Gasteiger partial charge in [-0.1, -0.05) is 6.07 Å². The zero-order chi connectivity index (χ0) is 11.7. The molecule has 0 aliphatic heterocycles. The second-order valence-corrected chi connectivity index (χ2v) is 5.11. The third-order valence-electron chi connectivity index (χ3n) is 2.75. The minimum atomic E-state index is 0.624. The lowest BCUT2D eigenvalue weighted by Gasteiger charge is -2.02. The fraction of sp³-hybridized carbons (Fsp3) is 0.417. The Morgan fingerprint density at radius 1 is 1.35 bits per heavy atom. The Hall–Kier alpha value is -1.49. The van der Waals surface area contributed by atoms with Crippen LogP contribution in [0.25, 0.3) is 0 Å². The van der Waals surface area contributed by atoms with Crippen LogP contribution in [-0.2, 0) is 6.54 Å². The molecule has 17 heavy (non-hydrogen) atoms. The number of hydrogen-bond acceptors (Lipinski definition) is 5. The molecular formula is C12H14N4S. The molecule has 1 aliphatic carbocycles. The van der Waals surface area contributed by atoms with E-state index in [0.717, 1.165) is 22.3 Å². The highest BCUT2D eigenvalue weighted by atomic mass is 32.1. The van der Waals surface area contributed by atoms with Crippen LogP contribution in [-0.4, -0.2) is 14.3 Å². The molecule has 0 bridgehead atoms. The smallest absolute Gasteiger partial charge is 0.202 e. The molecule has 0 amide bonds. The summed E-state index contributed by atoms with van der Waals surface area (Å²) >= 11 is 1.44. The van der Waals surface area contributed by atoms with E-state index >= 15 is 0 Å². The van der Waals surface area contributed by atoms with Crippen LogP contribution in [0, 0.1) is 6.92 Å². The van der Waals surface area contributed by atoms with Crippen molar-refractivity contribution in [3.63, 3.8) is 0 Å². The minimum absolute atomic E-state index is 0.624. The molecule has 0 atom stereocenters. The van der Waals surface area contributed by atoms with E-state index in [2.05, 4.69) is 19.7 Å². The molecule has 1 saturated carbocycles. The first kappa shape index (κ1) is 10.7. The fourth-order valence-electron chi connectivity index (χ4n) is 1.68. The number of aromatic nitrogens is 3. The Labute approximate surface area is 104 Å². The van der Waals surface area contributed by atoms with Crippen LogP contribution in [0.1, 0.15) is 36.0 Å². The van der Waals surface area contributed by atoms with Gasteiger partial charge in [-0.25, -0.2) is 4.98 Å². The van der Waals surface area contributed by atoms with Gasteiger partial charge < -0.3 is 5.32 Å². The van der Waals surface area contributed by atoms with Crippen molar-refractivity contribution in [3.8, 4) is 0 Å². The van der Waals surface area contributed by atoms with E-state index in [1.807, 2.05) is 25.1 Å². The van der Waals surface area contributed by atoms with Gasteiger partial charge in [0.1, 0.15) is 5.82 Å². The van der Waals surface area contributed by atoms with Crippen molar-refractivity contribution in [2.24, 2.45) is 0 Å². The monoisotopic (exact) mass is 246 g/mol. The zero-order valence-electron chi connectivity index (χ0n) is 9.68. The number of anilines is 1. The number of aryl methyl sites for hydroxylation is 1. The highest BCUT2D eigenvalue weighted by Gasteiger charge is 2.27. The van der Waals surface area contributed by atoms with Crippen molar-refractivity contribution in [2.75, 3.05) is 5.32 Å². The van der Waals surface area contributed by atoms with Crippen molar-refractivity contribution >= 4 is 16.7 Å². The number of hydrogen-bond donors (Lipinski definition) is 1. The summed E-state index contributed by atoms with van der Waals surface area (Å²) in [6.07, 6.45) is 2.49. The van der Waals surface area contributed by atoms with Crippen molar-refractivity contribution < 1.29 is 0 Å². The highest BCUT2D eigenvalue weighted by Crippen LogP contribution is 2.39. The largest absolute Gasteiger partial charge is 0.355 e. The summed E-state index contributed by atoms with van der Waals surface area (Å²) in [7, 11) is 0. The molecule has 1 aliphatic rings. The van der Waals surface area contributed by atoms with Crippen LogP contribution in [0.15, 0.2) is 18.2 Å². The van der Waals surface area contributed by atoms with Crippen molar-refractivity contribution in [3.05, 3.63) is 35.4 Å². The topological polar surface area (TPSA) is 50.7 Å². The Bertz CT molecular complexity index is 519. The van der Waals surface area contributed by atoms with Crippen LogP contribution in [0.3, 0.4) is 0 Å². The maximum Gasteiger partial charge on any atom is 0.202 e. The Morgan fingerprint density at radius 3 is 3.00 bits per heavy atom. The second-order valence-electron chi connectivity index (χ2n) is 4.36. The summed E-state index contributed by atoms with van der Waals surface area (Å²) < 4.78 is 4.36. The quantitative estimate of drug-likeness (QED) is 0.901. The van der Waals surface area contributed by atoms with Crippen LogP contribution in [0.2, 0.25) is 0 Å². The predicted octanol–water partition coefficient (Wildman–Crippen LogP) is 2.73. The first-order chi connectivity index (χ1) is 8.31. The average molecular weight is 246 g/mol. The SMILES string of the molecule is Cc1cccc(CNc2nc(C3CC3)ns2)n1. The van der Waals surface area contributed by atoms with Crippen LogP contribution < -0.4 is 5.32 Å². The number of nitrogens with one attached hydrogen (secondary N) is 1. The Balaban J connectivity index is 1.62. The van der Waals surface area contributed by atoms with E-state index in [0.29, 0.717) is 12.5 Å². The normalized spacial score (nSPS) is 14.9. The van der Waals surface area contributed by atoms with E-state index < -0.39 is 0 Å². The van der Waals surface area contributed by atoms with E-state index in [1.165, 1.54) is 24.4 Å². The van der Waals surface area contributed by atoms with Gasteiger partial charge in [0, 0.05) is 23.1 Å². The van der Waals surface area contributed by atoms with Gasteiger partial charge in [-0.15, -0.1) is 0 Å². The summed E-state index contributed by atoms with van der Waals surface area (Å²) in [5.41, 5.74) is 2.08. The molecule has 4 nitrogen and oxygen atoms in total. The first-order valence-electron chi connectivity index (χ1n) is 5.81. The fourth-order valence-corrected chi connectivity index (χ4v) is 2.32. The summed E-state index contributed by atoms with van der Waals surface area (Å²) in [6, 6.07) is 6.04. The average Bonchev–Trinajstić information content (AvgIpc) is 3.07. The van der Waals surface area contributed by atoms with E-state index in [9.17, 15) is 0 Å². The second kappa shape index (κ2) is 4.41. The lowest BCUT2D eigenvalue weighted by molar-refractivity contribution is 0.969. The van der Waals surface area contributed by atoms with Gasteiger partial charge in [0.15, 0.2) is 0 Å². The lowest BCUT2D eigenvalue weighted by Crippen LogP contribution is -2.01. The molecule has 0 saturated heterocycles. The van der Waals surface area contributed by atoms with Crippen molar-refractivity contribution in [1.29, 1.82) is 0 Å². The van der Waals surface area contributed by atoms with Crippen molar-refractivity contribution in [2.45, 2.75) is 32.2 Å². The van der Waals surface area contributed by atoms with Gasteiger partial charge >= 0.3 is 0 Å². The number of pyridine rings is 1. The Kier molecular flexibility index (Phi) is 2.76. The third-order valence-corrected chi connectivity index (χ3v) is 3.44. The molecular weight excluding hydrogens is 232 g/mol. The van der Waals surface area contributed by atoms with Crippen LogP contribution in [0.4, 0.5) is 5.13 Å². The van der Waals surface area contributed by atoms with E-state index in [1.54, 1.807) is 0 Å². The van der Waals surface area contributed by atoms with Gasteiger partial charge in [0.2, 0.25) is 5.13 Å². The summed E-state index contributed by atoms with van der Waals surface area (Å²) in [5, 5.41) is 4.17. The van der Waals surface area contributed by atoms with Gasteiger partial charge in [-0.3, -0.25) is 4.98 Å². The van der Waals surface area contributed by atoms with Gasteiger partial charge in [0.05, 0.1) is 12.2 Å². The van der Waals surface area contributed by atoms with Crippen molar-refractivity contribution in [1.82, 2.24) is 14.3 Å². The molecule has 1 fully saturated rings. The zero-order valence-corrected chi connectivity index (χ0v) is 10.5. The molecule has 0 radical (unpaired) electrons. The third kappa shape index (κ3) is 2.61. The van der Waals surface area contributed by atoms with Crippen LogP contribution >= 0.6 is 11.5 Å². The molecule has 2 aromatic rings. The Morgan fingerprint density at radius 2 is 2.24 bits per heavy atom. The molecule has 0 unspecified atom stereocenters. The standard InChI is InChI=1S/C12H14N4S/c1-8-3-2-4-10(14-8)7-13-12-15-11(16-17-12)9-5-6-9/h2-4,9H,5-7H2,1H3,(H,13,15,16). The maximum absolute atomic E-state index is 4.48. The predicted molar refractivity (Wildman–Crippen MR) is 68.2 cm³/mol. The lowest BCUT2D eigenvalue weighted by atomic mass is 10.3. The van der Waals surface area contributed by atoms with Gasteiger partial charge in [-0.2, -0.15) is 4.37 Å². The summed E-state index contributed by atoms with van der Waals surface area (Å²) in [4.78, 5) is 8.91. The van der Waals surface area contributed by atoms with Crippen LogP contribution in [0.5, 0.6) is 0 Å². The number of nitrogens with zero attached hydrogens (tertiary/aromatic N) is 3. The first-order valence-corrected chi connectivity index (χ1v) is 6.58. The molecule has 0 spiro atoms. The van der Waals surface area contributed by atoms with E-state index in [-0.39, 0.29) is 0 Å². The highest BCUT2D eigenvalue weighted by molar-refractivity contribution is 7.09. The van der Waals surface area contributed by atoms with Gasteiger partial charge in [0.25, 0.3) is 0 Å². The molecule has 5 heteroatoms. The molecule has 3 rings (SSSR count). The summed E-state index contributed by atoms with van der Waals surface area (Å²) in [6.45, 7) is 2.71. The van der Waals surface area contributed by atoms with Gasteiger partial charge in [-0.05, 0) is 31.9 Å². The molecule has 2 aromatic heterocycles. The molecule has 0 aromatic carbocycles. The van der Waals surface area contributed by atoms with E-state index in [4.69, 9.17) is 0 Å². The maximum atomic E-state index is 4.48. The number of rotatable bonds is 4. The minimum Gasteiger partial charge on any atom is -0.355 e. The molecule has 2 heterocycles. The summed E-state index contributed by atoms with van der Waals surface area (Å²) in [5.74, 6) is 1.63. The molecule has 88 valence electrons.